The lowest BCUT2D eigenvalue weighted by Crippen LogP contribution is -2.50. The monoisotopic (exact) mass is 397 g/mol. The second-order valence-electron chi connectivity index (χ2n) is 6.22. The zero-order valence-electron chi connectivity index (χ0n) is 14.4. The number of ether oxygens (including phenoxy) is 2. The van der Waals surface area contributed by atoms with Crippen molar-refractivity contribution >= 4 is 6.03 Å². The molecule has 2 N–H and O–H groups in total. The molecule has 1 aliphatic carbocycles. The number of alkyl halides is 5. The number of urea groups is 1. The third kappa shape index (κ3) is 6.81. The van der Waals surface area contributed by atoms with Gasteiger partial charge in [0.05, 0.1) is 12.6 Å². The molecule has 1 aromatic rings. The van der Waals surface area contributed by atoms with Gasteiger partial charge in [-0.15, -0.1) is 0 Å². The minimum atomic E-state index is -4.50. The number of aromatic nitrogens is 1. The normalized spacial score (nSPS) is 20.7. The Bertz CT molecular complexity index is 624. The molecule has 6 nitrogen and oxygen atoms in total. The maximum atomic E-state index is 12.5. The van der Waals surface area contributed by atoms with E-state index >= 15 is 0 Å². The van der Waals surface area contributed by atoms with Gasteiger partial charge in [0.15, 0.2) is 6.61 Å². The number of hydrogen-bond acceptors (Lipinski definition) is 4. The van der Waals surface area contributed by atoms with E-state index in [1.807, 2.05) is 0 Å². The highest BCUT2D eigenvalue weighted by Crippen LogP contribution is 2.32. The molecular weight excluding hydrogens is 377 g/mol. The number of methoxy groups -OCH3 is 1. The minimum Gasteiger partial charge on any atom is -0.468 e. The van der Waals surface area contributed by atoms with Crippen LogP contribution in [0, 0.1) is 5.92 Å². The molecule has 1 aliphatic rings. The molecule has 0 radical (unpaired) electrons. The first kappa shape index (κ1) is 21.1. The van der Waals surface area contributed by atoms with Crippen molar-refractivity contribution in [2.24, 2.45) is 5.92 Å². The molecule has 0 aliphatic heterocycles. The van der Waals surface area contributed by atoms with Crippen molar-refractivity contribution in [3.63, 3.8) is 0 Å². The Morgan fingerprint density at radius 3 is 2.67 bits per heavy atom. The first-order valence-electron chi connectivity index (χ1n) is 8.17. The minimum absolute atomic E-state index is 0.0421. The Morgan fingerprint density at radius 1 is 1.37 bits per heavy atom. The smallest absolute Gasteiger partial charge is 0.422 e. The topological polar surface area (TPSA) is 72.5 Å². The average Bonchev–Trinajstić information content (AvgIpc) is 2.55. The van der Waals surface area contributed by atoms with Crippen LogP contribution in [-0.4, -0.2) is 50.0 Å². The standard InChI is InChI=1S/C16H20F5N3O3/c1-26-7-12(24-15(25)23-11-4-10(5-11)14(17)18)9-2-3-22-13(6-9)27-8-16(19,20)21/h2-3,6,10-12,14H,4-5,7-8H2,1H3,(H2,23,24,25). The fourth-order valence-corrected chi connectivity index (χ4v) is 2.63. The van der Waals surface area contributed by atoms with E-state index in [4.69, 9.17) is 4.74 Å². The number of halogens is 5. The molecule has 1 atom stereocenters. The van der Waals surface area contributed by atoms with E-state index < -0.39 is 37.2 Å². The summed E-state index contributed by atoms with van der Waals surface area (Å²) in [5.41, 5.74) is 0.429. The quantitative estimate of drug-likeness (QED) is 0.662. The molecule has 1 unspecified atom stereocenters. The predicted molar refractivity (Wildman–Crippen MR) is 84.6 cm³/mol. The molecule has 0 spiro atoms. The molecule has 1 saturated carbocycles. The molecule has 1 aromatic heterocycles. The van der Waals surface area contributed by atoms with E-state index in [0.717, 1.165) is 0 Å². The summed E-state index contributed by atoms with van der Waals surface area (Å²) in [6.45, 7) is -1.44. The van der Waals surface area contributed by atoms with Gasteiger partial charge in [-0.3, -0.25) is 0 Å². The summed E-state index contributed by atoms with van der Waals surface area (Å²) in [6.07, 6.45) is -5.25. The summed E-state index contributed by atoms with van der Waals surface area (Å²) in [7, 11) is 1.40. The second kappa shape index (κ2) is 9.16. The van der Waals surface area contributed by atoms with Crippen molar-refractivity contribution in [2.75, 3.05) is 20.3 Å². The first-order valence-corrected chi connectivity index (χ1v) is 8.17. The third-order valence-electron chi connectivity index (χ3n) is 4.05. The Hall–Kier alpha value is -2.17. The maximum absolute atomic E-state index is 12.5. The van der Waals surface area contributed by atoms with E-state index in [-0.39, 0.29) is 31.4 Å². The van der Waals surface area contributed by atoms with Crippen LogP contribution in [0.5, 0.6) is 5.88 Å². The summed E-state index contributed by atoms with van der Waals surface area (Å²) in [4.78, 5) is 15.8. The molecule has 27 heavy (non-hydrogen) atoms. The van der Waals surface area contributed by atoms with Crippen LogP contribution in [0.25, 0.3) is 0 Å². The molecule has 11 heteroatoms. The second-order valence-corrected chi connectivity index (χ2v) is 6.22. The Balaban J connectivity index is 1.93. The number of hydrogen-bond donors (Lipinski definition) is 2. The zero-order valence-corrected chi connectivity index (χ0v) is 14.4. The third-order valence-corrected chi connectivity index (χ3v) is 4.05. The number of carbonyl (C=O) groups excluding carboxylic acids is 1. The van der Waals surface area contributed by atoms with Gasteiger partial charge in [0.2, 0.25) is 12.3 Å². The van der Waals surface area contributed by atoms with E-state index in [1.165, 1.54) is 25.4 Å². The van der Waals surface area contributed by atoms with E-state index in [1.54, 1.807) is 0 Å². The summed E-state index contributed by atoms with van der Waals surface area (Å²) < 4.78 is 71.3. The number of carbonyl (C=O) groups is 1. The molecule has 1 heterocycles. The lowest BCUT2D eigenvalue weighted by molar-refractivity contribution is -0.154. The fraction of sp³-hybridized carbons (Fsp3) is 0.625. The van der Waals surface area contributed by atoms with Gasteiger partial charge in [0.25, 0.3) is 0 Å². The van der Waals surface area contributed by atoms with Crippen molar-refractivity contribution in [2.45, 2.75) is 37.5 Å². The summed E-state index contributed by atoms with van der Waals surface area (Å²) in [5.74, 6) is -0.953. The largest absolute Gasteiger partial charge is 0.468 e. The summed E-state index contributed by atoms with van der Waals surface area (Å²) >= 11 is 0. The van der Waals surface area contributed by atoms with Crippen LogP contribution in [0.4, 0.5) is 26.7 Å². The number of amides is 2. The van der Waals surface area contributed by atoms with Gasteiger partial charge in [-0.05, 0) is 24.5 Å². The molecule has 0 aromatic carbocycles. The maximum Gasteiger partial charge on any atom is 0.422 e. The highest BCUT2D eigenvalue weighted by atomic mass is 19.4. The molecule has 2 amide bonds. The van der Waals surface area contributed by atoms with Gasteiger partial charge in [0, 0.05) is 31.3 Å². The van der Waals surface area contributed by atoms with Crippen LogP contribution in [0.3, 0.4) is 0 Å². The van der Waals surface area contributed by atoms with Crippen LogP contribution in [0.15, 0.2) is 18.3 Å². The molecule has 1 fully saturated rings. The van der Waals surface area contributed by atoms with Crippen molar-refractivity contribution in [1.29, 1.82) is 0 Å². The average molecular weight is 397 g/mol. The molecule has 0 saturated heterocycles. The highest BCUT2D eigenvalue weighted by Gasteiger charge is 2.36. The Labute approximate surface area is 152 Å². The number of rotatable bonds is 8. The van der Waals surface area contributed by atoms with Gasteiger partial charge in [-0.25, -0.2) is 18.6 Å². The van der Waals surface area contributed by atoms with Gasteiger partial charge in [-0.2, -0.15) is 13.2 Å². The summed E-state index contributed by atoms with van der Waals surface area (Å²) in [5, 5.41) is 5.19. The lowest BCUT2D eigenvalue weighted by Gasteiger charge is -2.35. The van der Waals surface area contributed by atoms with E-state index in [2.05, 4.69) is 20.4 Å². The van der Waals surface area contributed by atoms with Crippen LogP contribution >= 0.6 is 0 Å². The van der Waals surface area contributed by atoms with E-state index in [0.29, 0.717) is 5.56 Å². The van der Waals surface area contributed by atoms with Crippen LogP contribution in [0.2, 0.25) is 0 Å². The van der Waals surface area contributed by atoms with Crippen molar-refractivity contribution in [1.82, 2.24) is 15.6 Å². The SMILES string of the molecule is COCC(NC(=O)NC1CC(C(F)F)C1)c1ccnc(OCC(F)(F)F)c1. The van der Waals surface area contributed by atoms with Crippen molar-refractivity contribution in [3.8, 4) is 5.88 Å². The van der Waals surface area contributed by atoms with Gasteiger partial charge in [-0.1, -0.05) is 0 Å². The van der Waals surface area contributed by atoms with Crippen LogP contribution in [-0.2, 0) is 4.74 Å². The molecular formula is C16H20F5N3O3. The fourth-order valence-electron chi connectivity index (χ4n) is 2.63. The summed E-state index contributed by atoms with van der Waals surface area (Å²) in [6, 6.07) is 1.17. The number of pyridine rings is 1. The van der Waals surface area contributed by atoms with E-state index in [9.17, 15) is 26.7 Å². The van der Waals surface area contributed by atoms with Gasteiger partial charge >= 0.3 is 12.2 Å². The Kier molecular flexibility index (Phi) is 7.17. The van der Waals surface area contributed by atoms with Crippen molar-refractivity contribution < 1.29 is 36.2 Å². The number of nitrogens with zero attached hydrogens (tertiary/aromatic N) is 1. The molecule has 2 rings (SSSR count). The first-order chi connectivity index (χ1) is 12.7. The molecule has 0 bridgehead atoms. The van der Waals surface area contributed by atoms with Gasteiger partial charge < -0.3 is 20.1 Å². The van der Waals surface area contributed by atoms with Crippen LogP contribution < -0.4 is 15.4 Å². The highest BCUT2D eigenvalue weighted by molar-refractivity contribution is 5.75. The Morgan fingerprint density at radius 2 is 2.07 bits per heavy atom. The number of nitrogens with one attached hydrogen (secondary N) is 2. The zero-order chi connectivity index (χ0) is 20.0. The van der Waals surface area contributed by atoms with Crippen molar-refractivity contribution in [3.05, 3.63) is 23.9 Å². The van der Waals surface area contributed by atoms with Gasteiger partial charge in [0.1, 0.15) is 0 Å². The lowest BCUT2D eigenvalue weighted by atomic mass is 9.80. The predicted octanol–water partition coefficient (Wildman–Crippen LogP) is 3.05. The van der Waals surface area contributed by atoms with Crippen LogP contribution in [0.1, 0.15) is 24.4 Å². The molecule has 152 valence electrons.